The van der Waals surface area contributed by atoms with E-state index in [1.54, 1.807) is 23.1 Å². The second kappa shape index (κ2) is 5.65. The van der Waals surface area contributed by atoms with Crippen molar-refractivity contribution >= 4 is 11.5 Å². The van der Waals surface area contributed by atoms with Crippen molar-refractivity contribution in [3.05, 3.63) is 37.1 Å². The van der Waals surface area contributed by atoms with Crippen molar-refractivity contribution in [1.29, 1.82) is 0 Å². The number of anilines is 1. The summed E-state index contributed by atoms with van der Waals surface area (Å²) in [6.07, 6.45) is 2.42. The molecule has 2 unspecified atom stereocenters. The SMILES string of the molecule is C=CN(c1ncn2ccnc2c1C)[C@@H]1O[C@H](CO)C(O)C1O. The Balaban J connectivity index is 1.99. The predicted octanol–water partition coefficient (Wildman–Crippen LogP) is -0.573. The van der Waals surface area contributed by atoms with Gasteiger partial charge in [-0.05, 0) is 6.92 Å². The van der Waals surface area contributed by atoms with Crippen LogP contribution in [0, 0.1) is 6.92 Å². The van der Waals surface area contributed by atoms with Crippen LogP contribution < -0.4 is 4.90 Å². The number of imidazole rings is 1. The maximum absolute atomic E-state index is 10.2. The van der Waals surface area contributed by atoms with Crippen LogP contribution >= 0.6 is 0 Å². The van der Waals surface area contributed by atoms with E-state index < -0.39 is 24.5 Å². The highest BCUT2D eigenvalue weighted by Gasteiger charge is 2.45. The van der Waals surface area contributed by atoms with E-state index in [1.807, 2.05) is 6.92 Å². The van der Waals surface area contributed by atoms with Crippen LogP contribution in [0.25, 0.3) is 5.65 Å². The molecular formula is C14H18N4O4. The van der Waals surface area contributed by atoms with Gasteiger partial charge in [0, 0.05) is 24.2 Å². The number of fused-ring (bicyclic) bond motifs is 1. The number of nitrogens with zero attached hydrogens (tertiary/aromatic N) is 4. The molecule has 3 N–H and O–H groups in total. The fourth-order valence-corrected chi connectivity index (χ4v) is 2.69. The lowest BCUT2D eigenvalue weighted by atomic mass is 10.1. The van der Waals surface area contributed by atoms with Crippen LogP contribution in [0.2, 0.25) is 0 Å². The van der Waals surface area contributed by atoms with Gasteiger partial charge in [0.05, 0.1) is 6.61 Å². The summed E-state index contributed by atoms with van der Waals surface area (Å²) in [7, 11) is 0. The fraction of sp³-hybridized carbons (Fsp3) is 0.429. The Bertz CT molecular complexity index is 689. The van der Waals surface area contributed by atoms with E-state index in [-0.39, 0.29) is 6.61 Å². The summed E-state index contributed by atoms with van der Waals surface area (Å²) < 4.78 is 7.30. The van der Waals surface area contributed by atoms with Crippen LogP contribution in [-0.2, 0) is 4.74 Å². The van der Waals surface area contributed by atoms with Crippen molar-refractivity contribution in [1.82, 2.24) is 14.4 Å². The summed E-state index contributed by atoms with van der Waals surface area (Å²) in [5.74, 6) is 0.517. The number of ether oxygens (including phenoxy) is 1. The number of aromatic nitrogens is 3. The van der Waals surface area contributed by atoms with E-state index in [4.69, 9.17) is 4.74 Å². The molecule has 118 valence electrons. The molecule has 3 heterocycles. The minimum absolute atomic E-state index is 0.384. The number of aryl methyl sites for hydroxylation is 1. The van der Waals surface area contributed by atoms with Crippen molar-refractivity contribution in [2.75, 3.05) is 11.5 Å². The lowest BCUT2D eigenvalue weighted by Crippen LogP contribution is -2.42. The Labute approximate surface area is 126 Å². The molecule has 8 heteroatoms. The quantitative estimate of drug-likeness (QED) is 0.695. The zero-order chi connectivity index (χ0) is 15.9. The molecule has 2 aromatic rings. The predicted molar refractivity (Wildman–Crippen MR) is 78.2 cm³/mol. The summed E-state index contributed by atoms with van der Waals surface area (Å²) >= 11 is 0. The fourth-order valence-electron chi connectivity index (χ4n) is 2.69. The topological polar surface area (TPSA) is 103 Å². The molecule has 0 bridgehead atoms. The maximum Gasteiger partial charge on any atom is 0.164 e. The number of hydrogen-bond acceptors (Lipinski definition) is 7. The second-order valence-electron chi connectivity index (χ2n) is 5.17. The van der Waals surface area contributed by atoms with Gasteiger partial charge in [0.15, 0.2) is 6.23 Å². The van der Waals surface area contributed by atoms with Crippen LogP contribution in [0.1, 0.15) is 5.56 Å². The van der Waals surface area contributed by atoms with Gasteiger partial charge in [0.2, 0.25) is 0 Å². The first kappa shape index (κ1) is 14.9. The lowest BCUT2D eigenvalue weighted by Gasteiger charge is -2.29. The highest BCUT2D eigenvalue weighted by molar-refractivity contribution is 5.62. The van der Waals surface area contributed by atoms with Crippen molar-refractivity contribution in [2.45, 2.75) is 31.5 Å². The van der Waals surface area contributed by atoms with Crippen LogP contribution in [0.3, 0.4) is 0 Å². The Hall–Kier alpha value is -2.00. The summed E-state index contributed by atoms with van der Waals surface area (Å²) in [6, 6.07) is 0. The first-order chi connectivity index (χ1) is 10.6. The molecule has 8 nitrogen and oxygen atoms in total. The van der Waals surface area contributed by atoms with Crippen LogP contribution in [0.4, 0.5) is 5.82 Å². The zero-order valence-electron chi connectivity index (χ0n) is 12.1. The minimum Gasteiger partial charge on any atom is -0.394 e. The van der Waals surface area contributed by atoms with Crippen LogP contribution in [0.5, 0.6) is 0 Å². The first-order valence-electron chi connectivity index (χ1n) is 6.90. The highest BCUT2D eigenvalue weighted by atomic mass is 16.6. The van der Waals surface area contributed by atoms with Gasteiger partial charge in [-0.25, -0.2) is 9.97 Å². The maximum atomic E-state index is 10.2. The van der Waals surface area contributed by atoms with Crippen molar-refractivity contribution in [2.24, 2.45) is 0 Å². The summed E-state index contributed by atoms with van der Waals surface area (Å²) in [4.78, 5) is 10.1. The molecule has 1 saturated heterocycles. The minimum atomic E-state index is -1.19. The molecule has 1 aliphatic heterocycles. The summed E-state index contributed by atoms with van der Waals surface area (Å²) in [5, 5.41) is 29.3. The normalized spacial score (nSPS) is 28.2. The number of hydrogen-bond donors (Lipinski definition) is 3. The highest BCUT2D eigenvalue weighted by Crippen LogP contribution is 2.30. The molecule has 0 amide bonds. The van der Waals surface area contributed by atoms with Gasteiger partial charge in [-0.3, -0.25) is 4.40 Å². The van der Waals surface area contributed by atoms with E-state index in [0.717, 1.165) is 11.2 Å². The average molecular weight is 306 g/mol. The number of aliphatic hydroxyl groups excluding tert-OH is 3. The first-order valence-corrected chi connectivity index (χ1v) is 6.90. The third-order valence-electron chi connectivity index (χ3n) is 3.88. The van der Waals surface area contributed by atoms with Crippen molar-refractivity contribution < 1.29 is 20.1 Å². The van der Waals surface area contributed by atoms with Gasteiger partial charge < -0.3 is 25.0 Å². The van der Waals surface area contributed by atoms with Gasteiger partial charge in [-0.15, -0.1) is 0 Å². The molecule has 22 heavy (non-hydrogen) atoms. The van der Waals surface area contributed by atoms with Crippen LogP contribution in [-0.4, -0.2) is 60.8 Å². The average Bonchev–Trinajstić information content (AvgIpc) is 3.10. The third-order valence-corrected chi connectivity index (χ3v) is 3.88. The molecular weight excluding hydrogens is 288 g/mol. The molecule has 1 aliphatic rings. The Morgan fingerprint density at radius 2 is 2.18 bits per heavy atom. The van der Waals surface area contributed by atoms with Gasteiger partial charge >= 0.3 is 0 Å². The van der Waals surface area contributed by atoms with Crippen LogP contribution in [0.15, 0.2) is 31.5 Å². The van der Waals surface area contributed by atoms with E-state index in [9.17, 15) is 15.3 Å². The molecule has 2 aromatic heterocycles. The van der Waals surface area contributed by atoms with Crippen molar-refractivity contribution in [3.8, 4) is 0 Å². The molecule has 0 saturated carbocycles. The number of aliphatic hydroxyl groups is 3. The van der Waals surface area contributed by atoms with Gasteiger partial charge in [0.25, 0.3) is 0 Å². The van der Waals surface area contributed by atoms with Crippen molar-refractivity contribution in [3.63, 3.8) is 0 Å². The van der Waals surface area contributed by atoms with Gasteiger partial charge in [-0.2, -0.15) is 0 Å². The second-order valence-corrected chi connectivity index (χ2v) is 5.17. The molecule has 1 fully saturated rings. The zero-order valence-corrected chi connectivity index (χ0v) is 12.1. The van der Waals surface area contributed by atoms with E-state index in [1.165, 1.54) is 11.1 Å². The summed E-state index contributed by atoms with van der Waals surface area (Å²) in [5.41, 5.74) is 1.51. The molecule has 0 aromatic carbocycles. The van der Waals surface area contributed by atoms with E-state index in [2.05, 4.69) is 16.5 Å². The summed E-state index contributed by atoms with van der Waals surface area (Å²) in [6.45, 7) is 5.19. The molecule has 0 radical (unpaired) electrons. The Morgan fingerprint density at radius 3 is 2.82 bits per heavy atom. The van der Waals surface area contributed by atoms with E-state index in [0.29, 0.717) is 5.82 Å². The third kappa shape index (κ3) is 2.17. The Kier molecular flexibility index (Phi) is 3.83. The van der Waals surface area contributed by atoms with E-state index >= 15 is 0 Å². The largest absolute Gasteiger partial charge is 0.394 e. The van der Waals surface area contributed by atoms with Gasteiger partial charge in [0.1, 0.15) is 36.1 Å². The number of rotatable bonds is 4. The lowest BCUT2D eigenvalue weighted by molar-refractivity contribution is -0.0203. The Morgan fingerprint density at radius 1 is 1.41 bits per heavy atom. The standard InChI is InChI=1S/C14H18N4O4/c1-3-18(14-11(21)10(20)9(6-19)22-14)13-8(2)12-15-4-5-17(12)7-16-13/h3-5,7,9-11,14,19-21H,1,6H2,2H3/t9-,10?,11?,14-/m1/s1. The smallest absolute Gasteiger partial charge is 0.164 e. The molecule has 0 aliphatic carbocycles. The molecule has 0 spiro atoms. The monoisotopic (exact) mass is 306 g/mol. The molecule has 3 rings (SSSR count). The van der Waals surface area contributed by atoms with Gasteiger partial charge in [-0.1, -0.05) is 6.58 Å². The molecule has 4 atom stereocenters.